The number of rotatable bonds is 4. The van der Waals surface area contributed by atoms with Crippen molar-refractivity contribution in [1.82, 2.24) is 10.6 Å². The van der Waals surface area contributed by atoms with Crippen LogP contribution in [-0.2, 0) is 11.3 Å². The zero-order valence-electron chi connectivity index (χ0n) is 13.9. The topological polar surface area (TPSA) is 50.4 Å². The Morgan fingerprint density at radius 2 is 1.68 bits per heavy atom. The van der Waals surface area contributed by atoms with Crippen molar-refractivity contribution in [3.05, 3.63) is 35.9 Å². The summed E-state index contributed by atoms with van der Waals surface area (Å²) in [5.41, 5.74) is 0.884. The van der Waals surface area contributed by atoms with Gasteiger partial charge in [0.25, 0.3) is 0 Å². The van der Waals surface area contributed by atoms with Gasteiger partial charge in [-0.1, -0.05) is 30.3 Å². The van der Waals surface area contributed by atoms with Crippen molar-refractivity contribution in [2.75, 3.05) is 0 Å². The maximum atomic E-state index is 11.8. The van der Waals surface area contributed by atoms with Crippen molar-refractivity contribution >= 4 is 6.09 Å². The van der Waals surface area contributed by atoms with E-state index in [2.05, 4.69) is 34.9 Å². The smallest absolute Gasteiger partial charge is 0.407 e. The first-order chi connectivity index (χ1) is 10.4. The molecular weight excluding hydrogens is 276 g/mol. The van der Waals surface area contributed by atoms with Crippen LogP contribution in [0.15, 0.2) is 30.3 Å². The van der Waals surface area contributed by atoms with E-state index >= 15 is 0 Å². The van der Waals surface area contributed by atoms with Crippen LogP contribution < -0.4 is 10.6 Å². The normalized spacial score (nSPS) is 22.1. The summed E-state index contributed by atoms with van der Waals surface area (Å²) in [7, 11) is 0. The van der Waals surface area contributed by atoms with Gasteiger partial charge in [0.05, 0.1) is 0 Å². The molecule has 2 N–H and O–H groups in total. The van der Waals surface area contributed by atoms with E-state index in [1.807, 2.05) is 26.8 Å². The van der Waals surface area contributed by atoms with Crippen molar-refractivity contribution in [2.45, 2.75) is 70.7 Å². The van der Waals surface area contributed by atoms with Crippen molar-refractivity contribution in [1.29, 1.82) is 0 Å². The molecule has 0 atom stereocenters. The second-order valence-corrected chi connectivity index (χ2v) is 7.06. The van der Waals surface area contributed by atoms with Crippen molar-refractivity contribution in [3.63, 3.8) is 0 Å². The van der Waals surface area contributed by atoms with Crippen LogP contribution in [0.2, 0.25) is 0 Å². The van der Waals surface area contributed by atoms with Crippen molar-refractivity contribution in [2.24, 2.45) is 0 Å². The average Bonchev–Trinajstić information content (AvgIpc) is 2.45. The molecule has 0 bridgehead atoms. The molecule has 0 saturated heterocycles. The molecule has 122 valence electrons. The zero-order chi connectivity index (χ0) is 16.0. The molecule has 2 rings (SSSR count). The van der Waals surface area contributed by atoms with Gasteiger partial charge in [0.1, 0.15) is 5.60 Å². The lowest BCUT2D eigenvalue weighted by atomic mass is 9.91. The number of hydrogen-bond donors (Lipinski definition) is 2. The zero-order valence-corrected chi connectivity index (χ0v) is 13.9. The third-order valence-electron chi connectivity index (χ3n) is 3.89. The van der Waals surface area contributed by atoms with E-state index in [4.69, 9.17) is 4.74 Å². The second kappa shape index (κ2) is 7.63. The van der Waals surface area contributed by atoms with Gasteiger partial charge >= 0.3 is 6.09 Å². The highest BCUT2D eigenvalue weighted by Crippen LogP contribution is 2.19. The Hall–Kier alpha value is -1.55. The van der Waals surface area contributed by atoms with Gasteiger partial charge in [0.2, 0.25) is 0 Å². The number of hydrogen-bond acceptors (Lipinski definition) is 3. The van der Waals surface area contributed by atoms with E-state index in [1.54, 1.807) is 0 Å². The summed E-state index contributed by atoms with van der Waals surface area (Å²) < 4.78 is 5.31. The third kappa shape index (κ3) is 6.06. The molecule has 1 saturated carbocycles. The molecule has 0 aromatic heterocycles. The highest BCUT2D eigenvalue weighted by Gasteiger charge is 2.24. The molecule has 22 heavy (non-hydrogen) atoms. The van der Waals surface area contributed by atoms with Crippen LogP contribution >= 0.6 is 0 Å². The Morgan fingerprint density at radius 1 is 1.09 bits per heavy atom. The SMILES string of the molecule is CC(C)(C)OC(=O)NC1CCC(NCc2ccccc2)CC1. The molecule has 1 fully saturated rings. The van der Waals surface area contributed by atoms with E-state index < -0.39 is 5.60 Å². The Bertz CT molecular complexity index is 460. The van der Waals surface area contributed by atoms with E-state index in [1.165, 1.54) is 5.56 Å². The van der Waals surface area contributed by atoms with Crippen LogP contribution in [0.5, 0.6) is 0 Å². The number of ether oxygens (including phenoxy) is 1. The fourth-order valence-corrected chi connectivity index (χ4v) is 2.77. The predicted molar refractivity (Wildman–Crippen MR) is 88.7 cm³/mol. The highest BCUT2D eigenvalue weighted by atomic mass is 16.6. The van der Waals surface area contributed by atoms with Gasteiger partial charge < -0.3 is 15.4 Å². The van der Waals surface area contributed by atoms with Crippen LogP contribution in [0.25, 0.3) is 0 Å². The van der Waals surface area contributed by atoms with Gasteiger partial charge in [-0.2, -0.15) is 0 Å². The predicted octanol–water partition coefficient (Wildman–Crippen LogP) is 3.61. The Labute approximate surface area is 133 Å². The average molecular weight is 304 g/mol. The van der Waals surface area contributed by atoms with Gasteiger partial charge in [0.15, 0.2) is 0 Å². The lowest BCUT2D eigenvalue weighted by molar-refractivity contribution is 0.0490. The first kappa shape index (κ1) is 16.8. The monoisotopic (exact) mass is 304 g/mol. The largest absolute Gasteiger partial charge is 0.444 e. The molecule has 4 heteroatoms. The van der Waals surface area contributed by atoms with E-state index in [0.717, 1.165) is 32.2 Å². The summed E-state index contributed by atoms with van der Waals surface area (Å²) in [4.78, 5) is 11.8. The molecule has 1 amide bonds. The molecule has 0 aliphatic heterocycles. The lowest BCUT2D eigenvalue weighted by Crippen LogP contribution is -2.43. The van der Waals surface area contributed by atoms with Gasteiger partial charge in [0, 0.05) is 18.6 Å². The standard InChI is InChI=1S/C18H28N2O2/c1-18(2,3)22-17(21)20-16-11-9-15(10-12-16)19-13-14-7-5-4-6-8-14/h4-8,15-16,19H,9-13H2,1-3H3,(H,20,21). The van der Waals surface area contributed by atoms with Gasteiger partial charge in [-0.15, -0.1) is 0 Å². The molecule has 0 radical (unpaired) electrons. The third-order valence-corrected chi connectivity index (χ3v) is 3.89. The van der Waals surface area contributed by atoms with E-state index in [-0.39, 0.29) is 12.1 Å². The molecule has 0 spiro atoms. The van der Waals surface area contributed by atoms with Crippen LogP contribution in [0.1, 0.15) is 52.0 Å². The molecule has 4 nitrogen and oxygen atoms in total. The van der Waals surface area contributed by atoms with Crippen LogP contribution in [-0.4, -0.2) is 23.8 Å². The first-order valence-electron chi connectivity index (χ1n) is 8.19. The fourth-order valence-electron chi connectivity index (χ4n) is 2.77. The minimum atomic E-state index is -0.432. The minimum absolute atomic E-state index is 0.240. The van der Waals surface area contributed by atoms with Gasteiger partial charge in [-0.3, -0.25) is 0 Å². The number of carbonyl (C=O) groups excluding carboxylic acids is 1. The first-order valence-corrected chi connectivity index (χ1v) is 8.19. The number of amides is 1. The fraction of sp³-hybridized carbons (Fsp3) is 0.611. The minimum Gasteiger partial charge on any atom is -0.444 e. The Balaban J connectivity index is 1.66. The quantitative estimate of drug-likeness (QED) is 0.893. The number of benzene rings is 1. The molecule has 1 aliphatic rings. The molecule has 0 unspecified atom stereocenters. The second-order valence-electron chi connectivity index (χ2n) is 7.06. The molecule has 1 aromatic rings. The summed E-state index contributed by atoms with van der Waals surface area (Å²) in [6.45, 7) is 6.57. The van der Waals surface area contributed by atoms with Gasteiger partial charge in [-0.05, 0) is 52.0 Å². The Morgan fingerprint density at radius 3 is 2.27 bits per heavy atom. The highest BCUT2D eigenvalue weighted by molar-refractivity contribution is 5.68. The maximum absolute atomic E-state index is 11.8. The van der Waals surface area contributed by atoms with E-state index in [0.29, 0.717) is 6.04 Å². The summed E-state index contributed by atoms with van der Waals surface area (Å²) in [6.07, 6.45) is 3.89. The number of nitrogens with one attached hydrogen (secondary N) is 2. The molecule has 1 aromatic carbocycles. The summed E-state index contributed by atoms with van der Waals surface area (Å²) in [5, 5.41) is 6.59. The summed E-state index contributed by atoms with van der Waals surface area (Å²) in [5.74, 6) is 0. The lowest BCUT2D eigenvalue weighted by Gasteiger charge is -2.30. The molecule has 1 aliphatic carbocycles. The van der Waals surface area contributed by atoms with E-state index in [9.17, 15) is 4.79 Å². The van der Waals surface area contributed by atoms with Crippen LogP contribution in [0.3, 0.4) is 0 Å². The number of carbonyl (C=O) groups is 1. The van der Waals surface area contributed by atoms with Crippen LogP contribution in [0.4, 0.5) is 4.79 Å². The van der Waals surface area contributed by atoms with Gasteiger partial charge in [-0.25, -0.2) is 4.79 Å². The van der Waals surface area contributed by atoms with Crippen molar-refractivity contribution < 1.29 is 9.53 Å². The molecular formula is C18H28N2O2. The maximum Gasteiger partial charge on any atom is 0.407 e. The van der Waals surface area contributed by atoms with Crippen LogP contribution in [0, 0.1) is 0 Å². The number of alkyl carbamates (subject to hydrolysis) is 1. The Kier molecular flexibility index (Phi) is 5.83. The summed E-state index contributed by atoms with van der Waals surface area (Å²) >= 11 is 0. The summed E-state index contributed by atoms with van der Waals surface area (Å²) in [6, 6.07) is 11.2. The molecule has 0 heterocycles. The van der Waals surface area contributed by atoms with Crippen molar-refractivity contribution in [3.8, 4) is 0 Å².